The molecule has 1 unspecified atom stereocenters. The molecule has 0 radical (unpaired) electrons. The van der Waals surface area contributed by atoms with E-state index < -0.39 is 0 Å². The molecule has 0 aromatic rings. The molecule has 0 aromatic heterocycles. The lowest BCUT2D eigenvalue weighted by Crippen LogP contribution is -2.39. The van der Waals surface area contributed by atoms with Gasteiger partial charge in [0.2, 0.25) is 5.91 Å². The first-order chi connectivity index (χ1) is 7.56. The molecule has 0 aromatic carbocycles. The van der Waals surface area contributed by atoms with Gasteiger partial charge < -0.3 is 15.4 Å². The maximum Gasteiger partial charge on any atom is 0.234 e. The molecular weight excluding hydrogens is 240 g/mol. The molecule has 17 heavy (non-hydrogen) atoms. The fourth-order valence-corrected chi connectivity index (χ4v) is 1.36. The SMILES string of the molecule is COCCNCC(=O)NC(C)CCC(C)C.Cl. The minimum Gasteiger partial charge on any atom is -0.383 e. The van der Waals surface area contributed by atoms with E-state index in [0.29, 0.717) is 25.6 Å². The van der Waals surface area contributed by atoms with E-state index >= 15 is 0 Å². The zero-order valence-electron chi connectivity index (χ0n) is 11.4. The number of ether oxygens (including phenoxy) is 1. The normalized spacial score (nSPS) is 12.1. The second kappa shape index (κ2) is 12.1. The monoisotopic (exact) mass is 266 g/mol. The molecule has 5 heteroatoms. The number of methoxy groups -OCH3 is 1. The first-order valence-electron chi connectivity index (χ1n) is 6.05. The van der Waals surface area contributed by atoms with E-state index in [1.165, 1.54) is 0 Å². The molecule has 0 spiro atoms. The van der Waals surface area contributed by atoms with Crippen LogP contribution in [0.5, 0.6) is 0 Å². The van der Waals surface area contributed by atoms with Crippen LogP contribution in [0.1, 0.15) is 33.6 Å². The Kier molecular flexibility index (Phi) is 13.6. The largest absolute Gasteiger partial charge is 0.383 e. The van der Waals surface area contributed by atoms with E-state index in [1.807, 2.05) is 0 Å². The van der Waals surface area contributed by atoms with E-state index in [1.54, 1.807) is 7.11 Å². The number of amides is 1. The van der Waals surface area contributed by atoms with Crippen molar-refractivity contribution in [1.82, 2.24) is 10.6 Å². The lowest BCUT2D eigenvalue weighted by molar-refractivity contribution is -0.120. The molecule has 0 rings (SSSR count). The third kappa shape index (κ3) is 13.6. The average Bonchev–Trinajstić information content (AvgIpc) is 2.21. The van der Waals surface area contributed by atoms with Crippen LogP contribution in [0, 0.1) is 5.92 Å². The Morgan fingerprint density at radius 3 is 2.41 bits per heavy atom. The lowest BCUT2D eigenvalue weighted by atomic mass is 10.0. The van der Waals surface area contributed by atoms with E-state index in [2.05, 4.69) is 31.4 Å². The summed E-state index contributed by atoms with van der Waals surface area (Å²) in [4.78, 5) is 11.4. The fourth-order valence-electron chi connectivity index (χ4n) is 1.36. The molecule has 0 aliphatic heterocycles. The Labute approximate surface area is 111 Å². The third-order valence-corrected chi connectivity index (χ3v) is 2.35. The molecule has 0 heterocycles. The number of rotatable bonds is 9. The summed E-state index contributed by atoms with van der Waals surface area (Å²) < 4.78 is 4.88. The van der Waals surface area contributed by atoms with Crippen LogP contribution in [0.4, 0.5) is 0 Å². The van der Waals surface area contributed by atoms with Crippen LogP contribution in [-0.4, -0.2) is 38.8 Å². The summed E-state index contributed by atoms with van der Waals surface area (Å²) in [5.41, 5.74) is 0. The van der Waals surface area contributed by atoms with Crippen LogP contribution in [0.15, 0.2) is 0 Å². The first-order valence-corrected chi connectivity index (χ1v) is 6.05. The molecule has 104 valence electrons. The predicted octanol–water partition coefficient (Wildman–Crippen LogP) is 1.59. The molecule has 0 saturated heterocycles. The van der Waals surface area contributed by atoms with Gasteiger partial charge in [-0.25, -0.2) is 0 Å². The van der Waals surface area contributed by atoms with Gasteiger partial charge in [-0.1, -0.05) is 13.8 Å². The van der Waals surface area contributed by atoms with Crippen molar-refractivity contribution < 1.29 is 9.53 Å². The van der Waals surface area contributed by atoms with Crippen molar-refractivity contribution in [2.24, 2.45) is 5.92 Å². The highest BCUT2D eigenvalue weighted by molar-refractivity contribution is 5.85. The van der Waals surface area contributed by atoms with Gasteiger partial charge >= 0.3 is 0 Å². The Hall–Kier alpha value is -0.320. The molecule has 2 N–H and O–H groups in total. The van der Waals surface area contributed by atoms with E-state index in [0.717, 1.165) is 12.8 Å². The quantitative estimate of drug-likeness (QED) is 0.623. The minimum absolute atomic E-state index is 0. The predicted molar refractivity (Wildman–Crippen MR) is 73.7 cm³/mol. The fraction of sp³-hybridized carbons (Fsp3) is 0.917. The zero-order valence-corrected chi connectivity index (χ0v) is 12.2. The van der Waals surface area contributed by atoms with Gasteiger partial charge in [0.25, 0.3) is 0 Å². The van der Waals surface area contributed by atoms with Crippen molar-refractivity contribution >= 4 is 18.3 Å². The van der Waals surface area contributed by atoms with Crippen molar-refractivity contribution in [1.29, 1.82) is 0 Å². The van der Waals surface area contributed by atoms with Crippen molar-refractivity contribution in [2.45, 2.75) is 39.7 Å². The second-order valence-electron chi connectivity index (χ2n) is 4.61. The highest BCUT2D eigenvalue weighted by atomic mass is 35.5. The van der Waals surface area contributed by atoms with Crippen LogP contribution >= 0.6 is 12.4 Å². The standard InChI is InChI=1S/C12H26N2O2.ClH/c1-10(2)5-6-11(3)14-12(15)9-13-7-8-16-4;/h10-11,13H,5-9H2,1-4H3,(H,14,15);1H. The molecule has 0 saturated carbocycles. The number of halogens is 1. The first kappa shape index (κ1) is 19.0. The minimum atomic E-state index is 0. The van der Waals surface area contributed by atoms with Gasteiger partial charge in [0.05, 0.1) is 13.2 Å². The van der Waals surface area contributed by atoms with Crippen LogP contribution in [0.2, 0.25) is 0 Å². The van der Waals surface area contributed by atoms with Crippen LogP contribution in [-0.2, 0) is 9.53 Å². The zero-order chi connectivity index (χ0) is 12.4. The molecule has 0 aliphatic carbocycles. The van der Waals surface area contributed by atoms with E-state index in [4.69, 9.17) is 4.74 Å². The molecule has 0 aliphatic rings. The highest BCUT2D eigenvalue weighted by Crippen LogP contribution is 2.05. The smallest absolute Gasteiger partial charge is 0.234 e. The summed E-state index contributed by atoms with van der Waals surface area (Å²) in [6.45, 7) is 8.16. The molecule has 0 bridgehead atoms. The Morgan fingerprint density at radius 2 is 1.88 bits per heavy atom. The summed E-state index contributed by atoms with van der Waals surface area (Å²) >= 11 is 0. The number of carbonyl (C=O) groups is 1. The Bertz CT molecular complexity index is 189. The van der Waals surface area contributed by atoms with Gasteiger partial charge in [-0.05, 0) is 25.7 Å². The van der Waals surface area contributed by atoms with Crippen molar-refractivity contribution in [3.8, 4) is 0 Å². The molecular formula is C12H27ClN2O2. The number of nitrogens with one attached hydrogen (secondary N) is 2. The van der Waals surface area contributed by atoms with Crippen molar-refractivity contribution in [3.63, 3.8) is 0 Å². The topological polar surface area (TPSA) is 50.4 Å². The Balaban J connectivity index is 0. The lowest BCUT2D eigenvalue weighted by Gasteiger charge is -2.15. The maximum absolute atomic E-state index is 11.4. The second-order valence-corrected chi connectivity index (χ2v) is 4.61. The molecule has 4 nitrogen and oxygen atoms in total. The van der Waals surface area contributed by atoms with Gasteiger partial charge in [-0.2, -0.15) is 0 Å². The Morgan fingerprint density at radius 1 is 1.24 bits per heavy atom. The van der Waals surface area contributed by atoms with E-state index in [9.17, 15) is 4.79 Å². The highest BCUT2D eigenvalue weighted by Gasteiger charge is 2.07. The van der Waals surface area contributed by atoms with Gasteiger partial charge in [0.1, 0.15) is 0 Å². The maximum atomic E-state index is 11.4. The van der Waals surface area contributed by atoms with Gasteiger partial charge in [-0.3, -0.25) is 4.79 Å². The van der Waals surface area contributed by atoms with Crippen LogP contribution in [0.3, 0.4) is 0 Å². The van der Waals surface area contributed by atoms with Gasteiger partial charge in [0, 0.05) is 19.7 Å². The summed E-state index contributed by atoms with van der Waals surface area (Å²) in [5.74, 6) is 0.756. The molecule has 0 fully saturated rings. The van der Waals surface area contributed by atoms with Crippen LogP contribution in [0.25, 0.3) is 0 Å². The van der Waals surface area contributed by atoms with Crippen molar-refractivity contribution in [2.75, 3.05) is 26.8 Å². The summed E-state index contributed by atoms with van der Waals surface area (Å²) in [5, 5.41) is 5.99. The molecule has 1 amide bonds. The van der Waals surface area contributed by atoms with Gasteiger partial charge in [0.15, 0.2) is 0 Å². The van der Waals surface area contributed by atoms with Crippen molar-refractivity contribution in [3.05, 3.63) is 0 Å². The van der Waals surface area contributed by atoms with Crippen LogP contribution < -0.4 is 10.6 Å². The summed E-state index contributed by atoms with van der Waals surface area (Å²) in [6.07, 6.45) is 2.19. The molecule has 1 atom stereocenters. The van der Waals surface area contributed by atoms with Gasteiger partial charge in [-0.15, -0.1) is 12.4 Å². The summed E-state index contributed by atoms with van der Waals surface area (Å²) in [7, 11) is 1.65. The average molecular weight is 267 g/mol. The number of hydrogen-bond acceptors (Lipinski definition) is 3. The number of carbonyl (C=O) groups excluding carboxylic acids is 1. The number of hydrogen-bond donors (Lipinski definition) is 2. The third-order valence-electron chi connectivity index (χ3n) is 2.35. The summed E-state index contributed by atoms with van der Waals surface area (Å²) in [6, 6.07) is 0.263. The van der Waals surface area contributed by atoms with E-state index in [-0.39, 0.29) is 24.4 Å².